The molecule has 3 rings (SSSR count). The van der Waals surface area contributed by atoms with Gasteiger partial charge >= 0.3 is 0 Å². The van der Waals surface area contributed by atoms with Gasteiger partial charge in [0.05, 0.1) is 0 Å². The third kappa shape index (κ3) is 5.69. The molecule has 1 saturated heterocycles. The summed E-state index contributed by atoms with van der Waals surface area (Å²) in [5.41, 5.74) is 1.30. The van der Waals surface area contributed by atoms with E-state index in [1.165, 1.54) is 42.1 Å². The number of ether oxygens (including phenoxy) is 1. The van der Waals surface area contributed by atoms with Crippen molar-refractivity contribution < 1.29 is 13.2 Å². The Morgan fingerprint density at radius 3 is 2.54 bits per heavy atom. The van der Waals surface area contributed by atoms with Crippen LogP contribution < -0.4 is 4.74 Å². The molecule has 0 amide bonds. The normalized spacial score (nSPS) is 24.0. The Labute approximate surface area is 170 Å². The molecule has 0 spiro atoms. The molecule has 1 unspecified atom stereocenters. The molecule has 1 atom stereocenters. The van der Waals surface area contributed by atoms with Gasteiger partial charge in [0, 0.05) is 33.2 Å². The van der Waals surface area contributed by atoms with Gasteiger partial charge in [0.25, 0.3) is 10.2 Å². The van der Waals surface area contributed by atoms with Crippen molar-refractivity contribution in [2.75, 3.05) is 46.9 Å². The molecule has 28 heavy (non-hydrogen) atoms. The van der Waals surface area contributed by atoms with Crippen LogP contribution in [0, 0.1) is 0 Å². The van der Waals surface area contributed by atoms with Crippen LogP contribution in [0.5, 0.6) is 5.75 Å². The van der Waals surface area contributed by atoms with E-state index in [1.807, 2.05) is 12.1 Å². The Balaban J connectivity index is 1.75. The second-order valence-electron chi connectivity index (χ2n) is 8.12. The summed E-state index contributed by atoms with van der Waals surface area (Å²) in [6, 6.07) is 8.91. The highest BCUT2D eigenvalue weighted by molar-refractivity contribution is 7.86. The molecule has 2 aliphatic rings. The highest BCUT2D eigenvalue weighted by Gasteiger charge is 2.25. The monoisotopic (exact) mass is 409 g/mol. The van der Waals surface area contributed by atoms with Crippen molar-refractivity contribution in [2.24, 2.45) is 0 Å². The lowest BCUT2D eigenvalue weighted by molar-refractivity contribution is 0.137. The van der Waals surface area contributed by atoms with Crippen molar-refractivity contribution in [2.45, 2.75) is 51.0 Å². The molecule has 0 saturated carbocycles. The maximum atomic E-state index is 12.7. The fourth-order valence-electron chi connectivity index (χ4n) is 4.25. The summed E-state index contributed by atoms with van der Waals surface area (Å²) >= 11 is 0. The maximum Gasteiger partial charge on any atom is 0.281 e. The molecule has 0 aliphatic carbocycles. The van der Waals surface area contributed by atoms with Crippen LogP contribution in [-0.2, 0) is 16.6 Å². The number of aryl methyl sites for hydroxylation is 1. The van der Waals surface area contributed by atoms with E-state index >= 15 is 0 Å². The molecule has 7 heteroatoms. The lowest BCUT2D eigenvalue weighted by Gasteiger charge is -2.36. The molecule has 158 valence electrons. The quantitative estimate of drug-likeness (QED) is 0.754. The summed E-state index contributed by atoms with van der Waals surface area (Å²) in [6.07, 6.45) is 8.04. The van der Waals surface area contributed by atoms with Crippen molar-refractivity contribution in [3.05, 3.63) is 29.8 Å². The third-order valence-electron chi connectivity index (χ3n) is 5.91. The van der Waals surface area contributed by atoms with Crippen LogP contribution in [0.15, 0.2) is 24.3 Å². The molecule has 0 aromatic heterocycles. The second kappa shape index (κ2) is 10.1. The number of hydrogen-bond donors (Lipinski definition) is 0. The highest BCUT2D eigenvalue weighted by atomic mass is 32.2. The Hall–Kier alpha value is -1.15. The summed E-state index contributed by atoms with van der Waals surface area (Å²) in [4.78, 5) is 2.63. The fourth-order valence-corrected chi connectivity index (χ4v) is 5.37. The van der Waals surface area contributed by atoms with Gasteiger partial charge in [-0.25, -0.2) is 0 Å². The number of nitrogens with zero attached hydrogens (tertiary/aromatic N) is 3. The van der Waals surface area contributed by atoms with Crippen molar-refractivity contribution in [3.63, 3.8) is 0 Å². The zero-order valence-corrected chi connectivity index (χ0v) is 18.2. The average molecular weight is 410 g/mol. The minimum Gasteiger partial charge on any atom is -0.492 e. The Morgan fingerprint density at radius 2 is 1.75 bits per heavy atom. The number of hydrogen-bond acceptors (Lipinski definition) is 4. The molecule has 1 aromatic rings. The first-order chi connectivity index (χ1) is 13.5. The predicted molar refractivity (Wildman–Crippen MR) is 113 cm³/mol. The SMILES string of the molecule is CN(C)S(=O)(=O)N1CCCCN2CCCCC2CCc2cccc(c2)OCC1. The zero-order chi connectivity index (χ0) is 20.0. The average Bonchev–Trinajstić information content (AvgIpc) is 2.68. The van der Waals surface area contributed by atoms with Gasteiger partial charge in [-0.2, -0.15) is 17.0 Å². The van der Waals surface area contributed by atoms with Gasteiger partial charge in [0.15, 0.2) is 0 Å². The summed E-state index contributed by atoms with van der Waals surface area (Å²) in [6.45, 7) is 3.52. The van der Waals surface area contributed by atoms with Crippen molar-refractivity contribution in [3.8, 4) is 5.75 Å². The van der Waals surface area contributed by atoms with E-state index < -0.39 is 10.2 Å². The van der Waals surface area contributed by atoms with Crippen LogP contribution in [0.4, 0.5) is 0 Å². The van der Waals surface area contributed by atoms with Crippen LogP contribution >= 0.6 is 0 Å². The Morgan fingerprint density at radius 1 is 1.00 bits per heavy atom. The summed E-state index contributed by atoms with van der Waals surface area (Å²) in [7, 11) is -0.251. The first-order valence-corrected chi connectivity index (χ1v) is 12.0. The van der Waals surface area contributed by atoms with Gasteiger partial charge in [-0.1, -0.05) is 18.6 Å². The third-order valence-corrected chi connectivity index (χ3v) is 7.85. The highest BCUT2D eigenvalue weighted by Crippen LogP contribution is 2.23. The second-order valence-corrected chi connectivity index (χ2v) is 10.3. The van der Waals surface area contributed by atoms with E-state index in [0.29, 0.717) is 25.7 Å². The minimum atomic E-state index is -3.43. The molecule has 2 bridgehead atoms. The van der Waals surface area contributed by atoms with E-state index in [1.54, 1.807) is 18.4 Å². The summed E-state index contributed by atoms with van der Waals surface area (Å²) in [5.74, 6) is 0.829. The standard InChI is InChI=1S/C21H35N3O3S/c1-22(2)28(25,26)24-15-6-5-14-23-13-4-3-9-20(23)12-11-19-8-7-10-21(18-19)27-17-16-24/h7-8,10,18,20H,3-6,9,11-17H2,1-2H3. The van der Waals surface area contributed by atoms with Crippen LogP contribution in [0.3, 0.4) is 0 Å². The predicted octanol–water partition coefficient (Wildman–Crippen LogP) is 2.75. The molecular weight excluding hydrogens is 374 g/mol. The molecular formula is C21H35N3O3S. The van der Waals surface area contributed by atoms with E-state index in [2.05, 4.69) is 17.0 Å². The molecule has 2 aliphatic heterocycles. The first kappa shape index (κ1) is 21.6. The van der Waals surface area contributed by atoms with Gasteiger partial charge in [-0.15, -0.1) is 0 Å². The van der Waals surface area contributed by atoms with Gasteiger partial charge in [-0.3, -0.25) is 0 Å². The lowest BCUT2D eigenvalue weighted by atomic mass is 9.95. The maximum absolute atomic E-state index is 12.7. The minimum absolute atomic E-state index is 0.366. The van der Waals surface area contributed by atoms with Crippen LogP contribution in [0.25, 0.3) is 0 Å². The van der Waals surface area contributed by atoms with Crippen LogP contribution in [-0.4, -0.2) is 74.9 Å². The lowest BCUT2D eigenvalue weighted by Crippen LogP contribution is -2.43. The van der Waals surface area contributed by atoms with E-state index in [9.17, 15) is 8.42 Å². The van der Waals surface area contributed by atoms with E-state index in [-0.39, 0.29) is 0 Å². The van der Waals surface area contributed by atoms with Crippen molar-refractivity contribution in [1.29, 1.82) is 0 Å². The van der Waals surface area contributed by atoms with E-state index in [0.717, 1.165) is 31.6 Å². The van der Waals surface area contributed by atoms with Gasteiger partial charge < -0.3 is 9.64 Å². The number of fused-ring (bicyclic) bond motifs is 3. The number of piperidine rings is 1. The van der Waals surface area contributed by atoms with Crippen molar-refractivity contribution in [1.82, 2.24) is 13.5 Å². The Bertz CT molecular complexity index is 723. The van der Waals surface area contributed by atoms with E-state index in [4.69, 9.17) is 4.74 Å². The number of rotatable bonds is 2. The first-order valence-electron chi connectivity index (χ1n) is 10.6. The van der Waals surface area contributed by atoms with Crippen LogP contribution in [0.2, 0.25) is 0 Å². The van der Waals surface area contributed by atoms with Crippen molar-refractivity contribution >= 4 is 10.2 Å². The fraction of sp³-hybridized carbons (Fsp3) is 0.714. The molecule has 1 aromatic carbocycles. The van der Waals surface area contributed by atoms with Gasteiger partial charge in [0.2, 0.25) is 0 Å². The number of benzene rings is 1. The summed E-state index contributed by atoms with van der Waals surface area (Å²) < 4.78 is 34.1. The Kier molecular flexibility index (Phi) is 7.74. The summed E-state index contributed by atoms with van der Waals surface area (Å²) in [5, 5.41) is 0. The molecule has 2 heterocycles. The topological polar surface area (TPSA) is 53.1 Å². The van der Waals surface area contributed by atoms with Gasteiger partial charge in [-0.05, 0) is 69.3 Å². The zero-order valence-electron chi connectivity index (χ0n) is 17.3. The smallest absolute Gasteiger partial charge is 0.281 e. The van der Waals surface area contributed by atoms with Crippen LogP contribution in [0.1, 0.15) is 44.1 Å². The molecule has 1 fully saturated rings. The largest absolute Gasteiger partial charge is 0.492 e. The molecule has 0 N–H and O–H groups in total. The molecule has 6 nitrogen and oxygen atoms in total. The van der Waals surface area contributed by atoms with Gasteiger partial charge in [0.1, 0.15) is 12.4 Å². The molecule has 0 radical (unpaired) electrons.